The first kappa shape index (κ1) is 28.5. The van der Waals surface area contributed by atoms with Crippen LogP contribution >= 0.6 is 35.0 Å². The van der Waals surface area contributed by atoms with Gasteiger partial charge in [0.2, 0.25) is 5.91 Å². The van der Waals surface area contributed by atoms with Gasteiger partial charge in [-0.25, -0.2) is 0 Å². The summed E-state index contributed by atoms with van der Waals surface area (Å²) in [5.41, 5.74) is 0.990. The molecule has 0 fully saturated rings. The normalized spacial score (nSPS) is 11.3. The Labute approximate surface area is 235 Å². The number of hydrogen-bond acceptors (Lipinski definition) is 5. The van der Waals surface area contributed by atoms with Gasteiger partial charge < -0.3 is 10.6 Å². The highest BCUT2D eigenvalue weighted by molar-refractivity contribution is 7.99. The maximum Gasteiger partial charge on any atom is 0.416 e. The highest BCUT2D eigenvalue weighted by atomic mass is 35.5. The molecule has 0 saturated heterocycles. The summed E-state index contributed by atoms with van der Waals surface area (Å²) in [7, 11) is 0. The van der Waals surface area contributed by atoms with Crippen LogP contribution in [-0.4, -0.2) is 32.3 Å². The van der Waals surface area contributed by atoms with Crippen LogP contribution in [0.2, 0.25) is 10.0 Å². The predicted octanol–water partition coefficient (Wildman–Crippen LogP) is 6.56. The molecule has 13 heteroatoms. The number of carbonyl (C=O) groups is 2. The SMILES string of the molecule is Cc1cccc(NC(=O)CSc2nnc(CNC(=O)c3ccc(Cl)cc3Cl)n2-c2cccc(C(F)(F)F)c2)c1. The van der Waals surface area contributed by atoms with Gasteiger partial charge in [0.05, 0.1) is 34.1 Å². The van der Waals surface area contributed by atoms with Gasteiger partial charge >= 0.3 is 6.18 Å². The Kier molecular flexibility index (Phi) is 8.83. The zero-order chi connectivity index (χ0) is 28.2. The first-order chi connectivity index (χ1) is 18.5. The average Bonchev–Trinajstić information content (AvgIpc) is 3.28. The lowest BCUT2D eigenvalue weighted by molar-refractivity contribution is -0.137. The third kappa shape index (κ3) is 7.31. The van der Waals surface area contributed by atoms with E-state index in [9.17, 15) is 22.8 Å². The summed E-state index contributed by atoms with van der Waals surface area (Å²) in [6.45, 7) is 1.71. The van der Waals surface area contributed by atoms with Crippen molar-refractivity contribution in [2.24, 2.45) is 0 Å². The fraction of sp³-hybridized carbons (Fsp3) is 0.154. The topological polar surface area (TPSA) is 88.9 Å². The maximum absolute atomic E-state index is 13.4. The number of aryl methyl sites for hydroxylation is 1. The zero-order valence-corrected chi connectivity index (χ0v) is 22.5. The van der Waals surface area contributed by atoms with Crippen molar-refractivity contribution in [2.45, 2.75) is 24.8 Å². The monoisotopic (exact) mass is 593 g/mol. The van der Waals surface area contributed by atoms with Gasteiger partial charge in [0.25, 0.3) is 5.91 Å². The zero-order valence-electron chi connectivity index (χ0n) is 20.2. The standard InChI is InChI=1S/C26H20Cl2F3N5O2S/c1-15-4-2-6-18(10-15)33-23(37)14-39-25-35-34-22(13-32-24(38)20-9-8-17(27)12-21(20)28)36(25)19-7-3-5-16(11-19)26(29,30)31/h2-12H,13-14H2,1H3,(H,32,38)(H,33,37). The third-order valence-electron chi connectivity index (χ3n) is 5.35. The van der Waals surface area contributed by atoms with Crippen LogP contribution in [0, 0.1) is 6.92 Å². The van der Waals surface area contributed by atoms with Crippen molar-refractivity contribution in [3.63, 3.8) is 0 Å². The van der Waals surface area contributed by atoms with E-state index in [1.165, 1.54) is 34.9 Å². The molecule has 39 heavy (non-hydrogen) atoms. The Morgan fingerprint density at radius 3 is 2.49 bits per heavy atom. The summed E-state index contributed by atoms with van der Waals surface area (Å²) in [5, 5.41) is 14.2. The molecule has 0 aliphatic rings. The molecule has 0 unspecified atom stereocenters. The lowest BCUT2D eigenvalue weighted by atomic mass is 10.2. The number of benzene rings is 3. The van der Waals surface area contributed by atoms with E-state index in [1.807, 2.05) is 13.0 Å². The molecule has 1 aromatic heterocycles. The van der Waals surface area contributed by atoms with Crippen molar-refractivity contribution in [1.29, 1.82) is 0 Å². The van der Waals surface area contributed by atoms with E-state index in [0.29, 0.717) is 10.7 Å². The molecule has 2 amide bonds. The summed E-state index contributed by atoms with van der Waals surface area (Å²) < 4.78 is 41.7. The number of nitrogens with one attached hydrogen (secondary N) is 2. The number of anilines is 1. The van der Waals surface area contributed by atoms with Gasteiger partial charge in [0.1, 0.15) is 0 Å². The van der Waals surface area contributed by atoms with Gasteiger partial charge in [-0.05, 0) is 61.0 Å². The minimum Gasteiger partial charge on any atom is -0.345 e. The predicted molar refractivity (Wildman–Crippen MR) is 145 cm³/mol. The van der Waals surface area contributed by atoms with E-state index in [4.69, 9.17) is 23.2 Å². The average molecular weight is 594 g/mol. The molecule has 0 radical (unpaired) electrons. The Morgan fingerprint density at radius 2 is 1.77 bits per heavy atom. The Balaban J connectivity index is 1.58. The largest absolute Gasteiger partial charge is 0.416 e. The highest BCUT2D eigenvalue weighted by Crippen LogP contribution is 2.32. The van der Waals surface area contributed by atoms with Crippen molar-refractivity contribution in [3.8, 4) is 5.69 Å². The van der Waals surface area contributed by atoms with Crippen LogP contribution in [0.5, 0.6) is 0 Å². The number of aromatic nitrogens is 3. The Bertz CT molecular complexity index is 1530. The van der Waals surface area contributed by atoms with Crippen LogP contribution in [0.3, 0.4) is 0 Å². The molecule has 4 rings (SSSR count). The van der Waals surface area contributed by atoms with Crippen LogP contribution < -0.4 is 10.6 Å². The number of nitrogens with zero attached hydrogens (tertiary/aromatic N) is 3. The van der Waals surface area contributed by atoms with Crippen molar-refractivity contribution in [3.05, 3.63) is 99.3 Å². The van der Waals surface area contributed by atoms with E-state index < -0.39 is 17.6 Å². The molecule has 202 valence electrons. The second-order valence-corrected chi connectivity index (χ2v) is 10.1. The van der Waals surface area contributed by atoms with Crippen molar-refractivity contribution < 1.29 is 22.8 Å². The van der Waals surface area contributed by atoms with E-state index in [0.717, 1.165) is 29.5 Å². The quantitative estimate of drug-likeness (QED) is 0.226. The lowest BCUT2D eigenvalue weighted by Crippen LogP contribution is -2.25. The molecule has 1 heterocycles. The summed E-state index contributed by atoms with van der Waals surface area (Å²) >= 11 is 13.0. The molecular weight excluding hydrogens is 574 g/mol. The maximum atomic E-state index is 13.4. The van der Waals surface area contributed by atoms with Crippen LogP contribution in [0.1, 0.15) is 27.3 Å². The Morgan fingerprint density at radius 1 is 1.00 bits per heavy atom. The van der Waals surface area contributed by atoms with Crippen molar-refractivity contribution in [1.82, 2.24) is 20.1 Å². The van der Waals surface area contributed by atoms with Gasteiger partial charge in [-0.2, -0.15) is 13.2 Å². The van der Waals surface area contributed by atoms with Crippen molar-refractivity contribution in [2.75, 3.05) is 11.1 Å². The summed E-state index contributed by atoms with van der Waals surface area (Å²) in [6, 6.07) is 16.2. The van der Waals surface area contributed by atoms with Gasteiger partial charge in [-0.3, -0.25) is 14.2 Å². The molecular formula is C26H20Cl2F3N5O2S. The minimum absolute atomic E-state index is 0.0855. The minimum atomic E-state index is -4.58. The number of thioether (sulfide) groups is 1. The molecule has 3 aromatic carbocycles. The molecule has 0 saturated carbocycles. The summed E-state index contributed by atoms with van der Waals surface area (Å²) in [6.07, 6.45) is -4.58. The highest BCUT2D eigenvalue weighted by Gasteiger charge is 2.31. The molecule has 2 N–H and O–H groups in total. The van der Waals surface area contributed by atoms with E-state index in [2.05, 4.69) is 20.8 Å². The lowest BCUT2D eigenvalue weighted by Gasteiger charge is -2.14. The first-order valence-corrected chi connectivity index (χ1v) is 13.1. The molecule has 0 aliphatic carbocycles. The van der Waals surface area contributed by atoms with Crippen LogP contribution in [0.15, 0.2) is 71.9 Å². The smallest absolute Gasteiger partial charge is 0.345 e. The number of amides is 2. The number of halogens is 5. The van der Waals surface area contributed by atoms with Gasteiger partial charge in [-0.1, -0.05) is 53.2 Å². The second-order valence-electron chi connectivity index (χ2n) is 8.30. The third-order valence-corrected chi connectivity index (χ3v) is 6.83. The Hall–Kier alpha value is -3.54. The fourth-order valence-corrected chi connectivity index (χ4v) is 4.83. The second kappa shape index (κ2) is 12.1. The molecule has 0 spiro atoms. The molecule has 4 aromatic rings. The molecule has 0 aliphatic heterocycles. The number of rotatable bonds is 8. The van der Waals surface area contributed by atoms with Crippen molar-refractivity contribution >= 4 is 52.5 Å². The molecule has 7 nitrogen and oxygen atoms in total. The summed E-state index contributed by atoms with van der Waals surface area (Å²) in [5.74, 6) is -0.814. The number of alkyl halides is 3. The fourth-order valence-electron chi connectivity index (χ4n) is 3.57. The molecule has 0 bridgehead atoms. The van der Waals surface area contributed by atoms with Gasteiger partial charge in [0, 0.05) is 10.7 Å². The first-order valence-electron chi connectivity index (χ1n) is 11.4. The van der Waals surface area contributed by atoms with E-state index in [1.54, 1.807) is 18.2 Å². The van der Waals surface area contributed by atoms with Gasteiger partial charge in [-0.15, -0.1) is 10.2 Å². The van der Waals surface area contributed by atoms with E-state index >= 15 is 0 Å². The van der Waals surface area contributed by atoms with E-state index in [-0.39, 0.29) is 45.5 Å². The van der Waals surface area contributed by atoms with Crippen LogP contribution in [0.4, 0.5) is 18.9 Å². The molecule has 0 atom stereocenters. The van der Waals surface area contributed by atoms with Crippen LogP contribution in [-0.2, 0) is 17.5 Å². The van der Waals surface area contributed by atoms with Gasteiger partial charge in [0.15, 0.2) is 11.0 Å². The summed E-state index contributed by atoms with van der Waals surface area (Å²) in [4.78, 5) is 25.2. The number of hydrogen-bond donors (Lipinski definition) is 2. The van der Waals surface area contributed by atoms with Crippen LogP contribution in [0.25, 0.3) is 5.69 Å². The number of carbonyl (C=O) groups excluding carboxylic acids is 2.